The molecule has 0 aliphatic heterocycles. The Morgan fingerprint density at radius 2 is 2.27 bits per heavy atom. The van der Waals surface area contributed by atoms with Crippen molar-refractivity contribution in [1.82, 2.24) is 0 Å². The van der Waals surface area contributed by atoms with E-state index in [1.807, 2.05) is 0 Å². The van der Waals surface area contributed by atoms with Crippen LogP contribution in [0.25, 0.3) is 10.4 Å². The van der Waals surface area contributed by atoms with E-state index in [4.69, 9.17) is 10.6 Å². The Bertz CT molecular complexity index is 479. The van der Waals surface area contributed by atoms with Crippen LogP contribution in [0.15, 0.2) is 29.4 Å². The van der Waals surface area contributed by atoms with Crippen LogP contribution in [0.4, 0.5) is 5.69 Å². The summed E-state index contributed by atoms with van der Waals surface area (Å²) >= 11 is 0. The average molecular weight is 201 g/mol. The average Bonchev–Trinajstić information content (AvgIpc) is 2.20. The highest BCUT2D eigenvalue weighted by Crippen LogP contribution is 2.17. The summed E-state index contributed by atoms with van der Waals surface area (Å²) in [4.78, 5) is 12.9. The Balaban J connectivity index is 2.96. The molecule has 0 saturated heterocycles. The van der Waals surface area contributed by atoms with Gasteiger partial charge in [-0.2, -0.15) is 0 Å². The van der Waals surface area contributed by atoms with Crippen molar-refractivity contribution in [2.24, 2.45) is 5.11 Å². The first kappa shape index (κ1) is 10.6. The SMILES string of the molecule is [N-]=[N+]=Nc1ccccc1C#CCC(=O)O. The molecule has 0 unspecified atom stereocenters. The van der Waals surface area contributed by atoms with Crippen LogP contribution in [-0.4, -0.2) is 11.1 Å². The summed E-state index contributed by atoms with van der Waals surface area (Å²) in [5.74, 6) is 4.12. The second kappa shape index (κ2) is 5.32. The molecule has 1 N–H and O–H groups in total. The molecule has 0 aliphatic rings. The number of azide groups is 1. The molecule has 0 aromatic heterocycles. The molecule has 0 amide bonds. The van der Waals surface area contributed by atoms with Crippen molar-refractivity contribution in [3.8, 4) is 11.8 Å². The van der Waals surface area contributed by atoms with Crippen molar-refractivity contribution in [1.29, 1.82) is 0 Å². The number of hydrogen-bond acceptors (Lipinski definition) is 2. The van der Waals surface area contributed by atoms with Gasteiger partial charge in [-0.1, -0.05) is 35.2 Å². The van der Waals surface area contributed by atoms with Gasteiger partial charge in [0.25, 0.3) is 0 Å². The van der Waals surface area contributed by atoms with Gasteiger partial charge in [0.05, 0.1) is 5.69 Å². The zero-order valence-electron chi connectivity index (χ0n) is 7.71. The zero-order valence-corrected chi connectivity index (χ0v) is 7.71. The summed E-state index contributed by atoms with van der Waals surface area (Å²) in [6, 6.07) is 6.73. The molecule has 1 aromatic carbocycles. The van der Waals surface area contributed by atoms with Gasteiger partial charge in [0.1, 0.15) is 6.42 Å². The van der Waals surface area contributed by atoms with Gasteiger partial charge >= 0.3 is 5.97 Å². The molecule has 0 bridgehead atoms. The van der Waals surface area contributed by atoms with Crippen molar-refractivity contribution < 1.29 is 9.90 Å². The largest absolute Gasteiger partial charge is 0.481 e. The highest BCUT2D eigenvalue weighted by Gasteiger charge is 1.95. The zero-order chi connectivity index (χ0) is 11.1. The lowest BCUT2D eigenvalue weighted by Crippen LogP contribution is -1.90. The number of hydrogen-bond donors (Lipinski definition) is 1. The van der Waals surface area contributed by atoms with Gasteiger partial charge in [-0.3, -0.25) is 4.79 Å². The fourth-order valence-electron chi connectivity index (χ4n) is 0.930. The lowest BCUT2D eigenvalue weighted by Gasteiger charge is -1.94. The minimum Gasteiger partial charge on any atom is -0.481 e. The Hall–Kier alpha value is -2.44. The van der Waals surface area contributed by atoms with E-state index in [0.717, 1.165) is 0 Å². The lowest BCUT2D eigenvalue weighted by atomic mass is 10.2. The fraction of sp³-hybridized carbons (Fsp3) is 0.100. The summed E-state index contributed by atoms with van der Waals surface area (Å²) in [5.41, 5.74) is 9.20. The predicted molar refractivity (Wildman–Crippen MR) is 54.4 cm³/mol. The fourth-order valence-corrected chi connectivity index (χ4v) is 0.930. The van der Waals surface area contributed by atoms with Crippen LogP contribution in [0.5, 0.6) is 0 Å². The Labute approximate surface area is 86.0 Å². The minimum absolute atomic E-state index is 0.232. The summed E-state index contributed by atoms with van der Waals surface area (Å²) in [6.45, 7) is 0. The third kappa shape index (κ3) is 3.43. The summed E-state index contributed by atoms with van der Waals surface area (Å²) in [6.07, 6.45) is -0.232. The molecule has 0 spiro atoms. The van der Waals surface area contributed by atoms with E-state index in [9.17, 15) is 4.79 Å². The van der Waals surface area contributed by atoms with Gasteiger partial charge in [-0.15, -0.1) is 0 Å². The normalized spacial score (nSPS) is 8.27. The van der Waals surface area contributed by atoms with Crippen molar-refractivity contribution in [3.63, 3.8) is 0 Å². The van der Waals surface area contributed by atoms with Crippen LogP contribution in [-0.2, 0) is 4.79 Å². The molecule has 0 saturated carbocycles. The maximum atomic E-state index is 10.2. The van der Waals surface area contributed by atoms with Crippen molar-refractivity contribution in [2.75, 3.05) is 0 Å². The van der Waals surface area contributed by atoms with Gasteiger partial charge in [0.2, 0.25) is 0 Å². The van der Waals surface area contributed by atoms with Crippen LogP contribution >= 0.6 is 0 Å². The Morgan fingerprint density at radius 1 is 1.53 bits per heavy atom. The number of rotatable bonds is 2. The Morgan fingerprint density at radius 3 is 2.93 bits per heavy atom. The molecule has 15 heavy (non-hydrogen) atoms. The number of nitrogens with zero attached hydrogens (tertiary/aromatic N) is 3. The quantitative estimate of drug-likeness (QED) is 0.345. The van der Waals surface area contributed by atoms with Crippen LogP contribution < -0.4 is 0 Å². The van der Waals surface area contributed by atoms with Crippen molar-refractivity contribution in [3.05, 3.63) is 40.3 Å². The first-order valence-electron chi connectivity index (χ1n) is 4.09. The highest BCUT2D eigenvalue weighted by atomic mass is 16.4. The molecule has 0 heterocycles. The molecule has 1 aromatic rings. The van der Waals surface area contributed by atoms with E-state index in [0.29, 0.717) is 11.3 Å². The highest BCUT2D eigenvalue weighted by molar-refractivity contribution is 5.70. The van der Waals surface area contributed by atoms with E-state index in [1.54, 1.807) is 24.3 Å². The third-order valence-corrected chi connectivity index (χ3v) is 1.52. The number of aliphatic carboxylic acids is 1. The smallest absolute Gasteiger partial charge is 0.315 e. The van der Waals surface area contributed by atoms with E-state index in [-0.39, 0.29) is 6.42 Å². The van der Waals surface area contributed by atoms with Gasteiger partial charge in [0, 0.05) is 10.5 Å². The summed E-state index contributed by atoms with van der Waals surface area (Å²) in [7, 11) is 0. The van der Waals surface area contributed by atoms with Crippen molar-refractivity contribution in [2.45, 2.75) is 6.42 Å². The van der Waals surface area contributed by atoms with Crippen molar-refractivity contribution >= 4 is 11.7 Å². The second-order valence-electron chi connectivity index (χ2n) is 2.58. The predicted octanol–water partition coefficient (Wildman–Crippen LogP) is 2.45. The molecule has 0 atom stereocenters. The molecule has 1 rings (SSSR count). The molecular weight excluding hydrogens is 194 g/mol. The maximum absolute atomic E-state index is 10.2. The van der Waals surface area contributed by atoms with Gasteiger partial charge in [-0.05, 0) is 11.6 Å². The van der Waals surface area contributed by atoms with Crippen LogP contribution in [0.1, 0.15) is 12.0 Å². The van der Waals surface area contributed by atoms with E-state index in [2.05, 4.69) is 21.9 Å². The molecule has 0 radical (unpaired) electrons. The van der Waals surface area contributed by atoms with E-state index in [1.165, 1.54) is 0 Å². The lowest BCUT2D eigenvalue weighted by molar-refractivity contribution is -0.135. The minimum atomic E-state index is -0.983. The number of carboxylic acid groups (broad SMARTS) is 1. The van der Waals surface area contributed by atoms with Crippen LogP contribution in [0.3, 0.4) is 0 Å². The molecule has 0 aliphatic carbocycles. The van der Waals surface area contributed by atoms with E-state index >= 15 is 0 Å². The maximum Gasteiger partial charge on any atom is 0.315 e. The standard InChI is InChI=1S/C10H7N3O2/c11-13-12-9-6-2-1-4-8(9)5-3-7-10(14)15/h1-2,4,6H,7H2,(H,14,15). The molecule has 0 fully saturated rings. The van der Waals surface area contributed by atoms with Gasteiger partial charge in [-0.25, -0.2) is 0 Å². The monoisotopic (exact) mass is 201 g/mol. The molecular formula is C10H7N3O2. The first-order chi connectivity index (χ1) is 7.24. The molecule has 74 valence electrons. The Kier molecular flexibility index (Phi) is 3.78. The number of carbonyl (C=O) groups is 1. The van der Waals surface area contributed by atoms with Crippen LogP contribution in [0, 0.1) is 11.8 Å². The topological polar surface area (TPSA) is 86.1 Å². The first-order valence-corrected chi connectivity index (χ1v) is 4.09. The van der Waals surface area contributed by atoms with Crippen LogP contribution in [0.2, 0.25) is 0 Å². The summed E-state index contributed by atoms with van der Waals surface area (Å²) < 4.78 is 0. The summed E-state index contributed by atoms with van der Waals surface area (Å²) in [5, 5.41) is 11.8. The third-order valence-electron chi connectivity index (χ3n) is 1.52. The van der Waals surface area contributed by atoms with E-state index < -0.39 is 5.97 Å². The van der Waals surface area contributed by atoms with Gasteiger partial charge in [0.15, 0.2) is 0 Å². The number of benzene rings is 1. The van der Waals surface area contributed by atoms with Gasteiger partial charge < -0.3 is 5.11 Å². The molecule has 5 nitrogen and oxygen atoms in total. The molecule has 5 heteroatoms. The number of carboxylic acids is 1. The second-order valence-corrected chi connectivity index (χ2v) is 2.58.